The molecule has 0 aliphatic carbocycles. The third-order valence-corrected chi connectivity index (χ3v) is 2.68. The van der Waals surface area contributed by atoms with Crippen LogP contribution in [0.5, 0.6) is 5.75 Å². The van der Waals surface area contributed by atoms with Crippen LogP contribution in [0.4, 0.5) is 5.82 Å². The summed E-state index contributed by atoms with van der Waals surface area (Å²) < 4.78 is 5.48. The summed E-state index contributed by atoms with van der Waals surface area (Å²) in [5, 5.41) is 9.90. The molecule has 94 valence electrons. The number of rotatable bonds is 4. The Hall–Kier alpha value is -1.95. The zero-order valence-electron chi connectivity index (χ0n) is 10.2. The number of anilines is 1. The van der Waals surface area contributed by atoms with Gasteiger partial charge in [-0.2, -0.15) is 10.1 Å². The molecule has 0 saturated carbocycles. The van der Waals surface area contributed by atoms with Gasteiger partial charge >= 0.3 is 0 Å². The Labute approximate surface area is 110 Å². The number of hydrogen-bond donors (Lipinski definition) is 2. The van der Waals surface area contributed by atoms with Crippen molar-refractivity contribution >= 4 is 18.0 Å². The monoisotopic (exact) mass is 262 g/mol. The predicted octanol–water partition coefficient (Wildman–Crippen LogP) is 2.46. The zero-order chi connectivity index (χ0) is 13.0. The number of H-pyrrole nitrogens is 1. The maximum Gasteiger partial charge on any atom is 0.215 e. The van der Waals surface area contributed by atoms with Crippen LogP contribution in [0, 0.1) is 11.7 Å². The first-order valence-electron chi connectivity index (χ1n) is 5.49. The molecular formula is C12H14N4OS. The van der Waals surface area contributed by atoms with Crippen molar-refractivity contribution < 1.29 is 4.74 Å². The Bertz CT molecular complexity index is 579. The van der Waals surface area contributed by atoms with Crippen molar-refractivity contribution in [2.24, 2.45) is 0 Å². The van der Waals surface area contributed by atoms with E-state index in [1.807, 2.05) is 31.2 Å². The van der Waals surface area contributed by atoms with Gasteiger partial charge in [0.2, 0.25) is 4.77 Å². The van der Waals surface area contributed by atoms with Gasteiger partial charge in [-0.05, 0) is 36.8 Å². The first-order chi connectivity index (χ1) is 8.69. The molecule has 1 heterocycles. The molecule has 1 aromatic carbocycles. The number of hydrogen-bond acceptors (Lipinski definition) is 5. The molecule has 0 aliphatic heterocycles. The van der Waals surface area contributed by atoms with Crippen molar-refractivity contribution in [1.82, 2.24) is 15.2 Å². The Morgan fingerprint density at radius 1 is 1.33 bits per heavy atom. The number of methoxy groups -OCH3 is 1. The van der Waals surface area contributed by atoms with Crippen LogP contribution in [0.25, 0.3) is 0 Å². The molecule has 0 amide bonds. The summed E-state index contributed by atoms with van der Waals surface area (Å²) >= 11 is 4.94. The van der Waals surface area contributed by atoms with Crippen LogP contribution < -0.4 is 10.1 Å². The SMILES string of the molecule is COc1ccc(CNc2nc(=S)[nH]nc2C)cc1. The highest BCUT2D eigenvalue weighted by molar-refractivity contribution is 7.71. The summed E-state index contributed by atoms with van der Waals surface area (Å²) in [6.45, 7) is 2.53. The number of nitrogens with one attached hydrogen (secondary N) is 2. The number of aryl methyl sites for hydroxylation is 1. The summed E-state index contributed by atoms with van der Waals surface area (Å²) in [6, 6.07) is 7.84. The van der Waals surface area contributed by atoms with E-state index in [1.54, 1.807) is 7.11 Å². The van der Waals surface area contributed by atoms with E-state index in [9.17, 15) is 0 Å². The molecule has 1 aromatic heterocycles. The second-order valence-corrected chi connectivity index (χ2v) is 4.16. The van der Waals surface area contributed by atoms with Gasteiger partial charge in [0.1, 0.15) is 5.75 Å². The number of nitrogens with zero attached hydrogens (tertiary/aromatic N) is 2. The first-order valence-corrected chi connectivity index (χ1v) is 5.90. The Balaban J connectivity index is 2.06. The fraction of sp³-hybridized carbons (Fsp3) is 0.250. The van der Waals surface area contributed by atoms with Crippen LogP contribution in [0.15, 0.2) is 24.3 Å². The van der Waals surface area contributed by atoms with E-state index in [1.165, 1.54) is 0 Å². The van der Waals surface area contributed by atoms with Gasteiger partial charge in [0.05, 0.1) is 12.8 Å². The van der Waals surface area contributed by atoms with E-state index in [4.69, 9.17) is 17.0 Å². The fourth-order valence-corrected chi connectivity index (χ4v) is 1.63. The van der Waals surface area contributed by atoms with E-state index in [-0.39, 0.29) is 0 Å². The molecule has 2 aromatic rings. The molecule has 0 fully saturated rings. The van der Waals surface area contributed by atoms with E-state index >= 15 is 0 Å². The predicted molar refractivity (Wildman–Crippen MR) is 72.3 cm³/mol. The molecule has 6 heteroatoms. The van der Waals surface area contributed by atoms with E-state index in [0.29, 0.717) is 17.1 Å². The van der Waals surface area contributed by atoms with Crippen LogP contribution in [0.2, 0.25) is 0 Å². The Kier molecular flexibility index (Phi) is 3.88. The molecule has 0 bridgehead atoms. The Morgan fingerprint density at radius 2 is 2.06 bits per heavy atom. The first kappa shape index (κ1) is 12.5. The number of benzene rings is 1. The topological polar surface area (TPSA) is 62.8 Å². The van der Waals surface area contributed by atoms with E-state index in [2.05, 4.69) is 20.5 Å². The maximum absolute atomic E-state index is 5.11. The summed E-state index contributed by atoms with van der Waals surface area (Å²) in [4.78, 5) is 4.18. The zero-order valence-corrected chi connectivity index (χ0v) is 11.0. The minimum absolute atomic E-state index is 0.373. The molecule has 0 radical (unpaired) electrons. The number of aromatic amines is 1. The molecule has 0 aliphatic rings. The van der Waals surface area contributed by atoms with Crippen LogP contribution in [0.3, 0.4) is 0 Å². The van der Waals surface area contributed by atoms with Gasteiger partial charge in [-0.1, -0.05) is 12.1 Å². The lowest BCUT2D eigenvalue weighted by atomic mass is 10.2. The quantitative estimate of drug-likeness (QED) is 0.829. The lowest BCUT2D eigenvalue weighted by Crippen LogP contribution is -2.05. The van der Waals surface area contributed by atoms with Crippen molar-refractivity contribution in [2.75, 3.05) is 12.4 Å². The average Bonchev–Trinajstić information content (AvgIpc) is 2.40. The molecule has 2 rings (SSSR count). The van der Waals surface area contributed by atoms with Crippen LogP contribution in [-0.4, -0.2) is 22.3 Å². The minimum Gasteiger partial charge on any atom is -0.497 e. The highest BCUT2D eigenvalue weighted by Crippen LogP contribution is 2.13. The van der Waals surface area contributed by atoms with E-state index in [0.717, 1.165) is 17.0 Å². The minimum atomic E-state index is 0.373. The van der Waals surface area contributed by atoms with Gasteiger partial charge in [0.15, 0.2) is 5.82 Å². The van der Waals surface area contributed by atoms with Crippen molar-refractivity contribution in [1.29, 1.82) is 0 Å². The van der Waals surface area contributed by atoms with Crippen LogP contribution >= 0.6 is 12.2 Å². The molecule has 0 unspecified atom stereocenters. The average molecular weight is 262 g/mol. The van der Waals surface area contributed by atoms with Crippen molar-refractivity contribution in [3.63, 3.8) is 0 Å². The molecule has 0 atom stereocenters. The molecular weight excluding hydrogens is 248 g/mol. The third kappa shape index (κ3) is 3.04. The molecule has 5 nitrogen and oxygen atoms in total. The van der Waals surface area contributed by atoms with Crippen molar-refractivity contribution in [3.05, 3.63) is 40.3 Å². The smallest absolute Gasteiger partial charge is 0.215 e. The fourth-order valence-electron chi connectivity index (χ4n) is 1.49. The highest BCUT2D eigenvalue weighted by Gasteiger charge is 2.01. The van der Waals surface area contributed by atoms with Gasteiger partial charge in [-0.25, -0.2) is 0 Å². The normalized spacial score (nSPS) is 10.1. The summed E-state index contributed by atoms with van der Waals surface area (Å²) in [5.74, 6) is 1.55. The number of aromatic nitrogens is 3. The standard InChI is InChI=1S/C12H14N4OS/c1-8-11(14-12(18)16-15-8)13-7-9-3-5-10(17-2)6-4-9/h3-6H,7H2,1-2H3,(H2,13,14,16,18). The van der Waals surface area contributed by atoms with Crippen LogP contribution in [-0.2, 0) is 6.54 Å². The highest BCUT2D eigenvalue weighted by atomic mass is 32.1. The molecule has 0 spiro atoms. The van der Waals surface area contributed by atoms with E-state index < -0.39 is 0 Å². The van der Waals surface area contributed by atoms with Gasteiger partial charge < -0.3 is 10.1 Å². The molecule has 2 N–H and O–H groups in total. The van der Waals surface area contributed by atoms with Gasteiger partial charge in [0, 0.05) is 6.54 Å². The van der Waals surface area contributed by atoms with Gasteiger partial charge in [-0.15, -0.1) is 0 Å². The second kappa shape index (κ2) is 5.59. The van der Waals surface area contributed by atoms with Crippen LogP contribution in [0.1, 0.15) is 11.3 Å². The molecule has 0 saturated heterocycles. The van der Waals surface area contributed by atoms with Gasteiger partial charge in [0.25, 0.3) is 0 Å². The summed E-state index contributed by atoms with van der Waals surface area (Å²) in [5.41, 5.74) is 1.92. The summed E-state index contributed by atoms with van der Waals surface area (Å²) in [7, 11) is 1.65. The summed E-state index contributed by atoms with van der Waals surface area (Å²) in [6.07, 6.45) is 0. The maximum atomic E-state index is 5.11. The van der Waals surface area contributed by atoms with Crippen molar-refractivity contribution in [3.8, 4) is 5.75 Å². The molecule has 18 heavy (non-hydrogen) atoms. The second-order valence-electron chi connectivity index (χ2n) is 3.78. The van der Waals surface area contributed by atoms with Crippen molar-refractivity contribution in [2.45, 2.75) is 13.5 Å². The Morgan fingerprint density at radius 3 is 2.72 bits per heavy atom. The van der Waals surface area contributed by atoms with Gasteiger partial charge in [-0.3, -0.25) is 5.10 Å². The third-order valence-electron chi connectivity index (χ3n) is 2.49. The largest absolute Gasteiger partial charge is 0.497 e. The lowest BCUT2D eigenvalue weighted by molar-refractivity contribution is 0.414. The number of ether oxygens (including phenoxy) is 1. The lowest BCUT2D eigenvalue weighted by Gasteiger charge is -2.07.